The maximum atomic E-state index is 12.6. The van der Waals surface area contributed by atoms with E-state index in [0.717, 1.165) is 23.3 Å². The Hall–Kier alpha value is -2.54. The number of H-pyrrole nitrogens is 1. The van der Waals surface area contributed by atoms with Crippen molar-refractivity contribution in [3.8, 4) is 0 Å². The fourth-order valence-corrected chi connectivity index (χ4v) is 3.80. The van der Waals surface area contributed by atoms with Gasteiger partial charge in [-0.2, -0.15) is 0 Å². The first-order valence-corrected chi connectivity index (χ1v) is 9.39. The molecule has 3 heterocycles. The number of hydrogen-bond donors (Lipinski definition) is 1. The number of fused-ring (bicyclic) bond motifs is 1. The summed E-state index contributed by atoms with van der Waals surface area (Å²) in [6.45, 7) is 6.26. The highest BCUT2D eigenvalue weighted by Gasteiger charge is 2.17. The number of aromatic amines is 1. The molecule has 1 atom stereocenters. The molecule has 0 aliphatic carbocycles. The number of carbonyl (C=O) groups excluding carboxylic acids is 1. The van der Waals surface area contributed by atoms with Crippen LogP contribution in [0.5, 0.6) is 0 Å². The van der Waals surface area contributed by atoms with Crippen LogP contribution in [-0.4, -0.2) is 20.9 Å². The second-order valence-electron chi connectivity index (χ2n) is 6.36. The molecule has 136 valence electrons. The number of carbonyl (C=O) groups is 1. The van der Waals surface area contributed by atoms with Crippen molar-refractivity contribution in [1.82, 2.24) is 15.0 Å². The van der Waals surface area contributed by atoms with Crippen LogP contribution >= 0.6 is 11.3 Å². The molecule has 7 heteroatoms. The van der Waals surface area contributed by atoms with E-state index in [2.05, 4.69) is 28.8 Å². The lowest BCUT2D eigenvalue weighted by Gasteiger charge is -2.08. The molecular weight excluding hydrogens is 350 g/mol. The van der Waals surface area contributed by atoms with Crippen LogP contribution in [0.4, 0.5) is 0 Å². The average molecular weight is 371 g/mol. The normalized spacial score (nSPS) is 12.3. The van der Waals surface area contributed by atoms with Gasteiger partial charge in [-0.15, -0.1) is 11.3 Å². The van der Waals surface area contributed by atoms with Gasteiger partial charge in [0.05, 0.1) is 10.9 Å². The largest absolute Gasteiger partial charge is 0.454 e. The molecule has 0 bridgehead atoms. The molecule has 0 aromatic carbocycles. The SMILES string of the molecule is CC[C@@H](C)Cc1c(C)sc2nc(COC(=O)c3ccncc3)[nH]c(=O)c12. The molecule has 0 aliphatic heterocycles. The quantitative estimate of drug-likeness (QED) is 0.669. The topological polar surface area (TPSA) is 84.9 Å². The first-order valence-electron chi connectivity index (χ1n) is 8.57. The molecule has 0 amide bonds. The van der Waals surface area contributed by atoms with Crippen molar-refractivity contribution in [1.29, 1.82) is 0 Å². The number of rotatable bonds is 6. The smallest absolute Gasteiger partial charge is 0.338 e. The molecule has 0 saturated carbocycles. The van der Waals surface area contributed by atoms with Crippen molar-refractivity contribution in [3.05, 3.63) is 56.7 Å². The highest BCUT2D eigenvalue weighted by molar-refractivity contribution is 7.18. The fraction of sp³-hybridized carbons (Fsp3) is 0.368. The predicted octanol–water partition coefficient (Wildman–Crippen LogP) is 3.63. The number of ether oxygens (including phenoxy) is 1. The number of thiophene rings is 1. The van der Waals surface area contributed by atoms with E-state index in [4.69, 9.17) is 4.74 Å². The third-order valence-corrected chi connectivity index (χ3v) is 5.46. The molecule has 6 nitrogen and oxygen atoms in total. The van der Waals surface area contributed by atoms with Crippen molar-refractivity contribution in [3.63, 3.8) is 0 Å². The summed E-state index contributed by atoms with van der Waals surface area (Å²) in [5.74, 6) is 0.378. The van der Waals surface area contributed by atoms with Crippen LogP contribution in [0.15, 0.2) is 29.3 Å². The van der Waals surface area contributed by atoms with Crippen LogP contribution in [0.1, 0.15) is 46.9 Å². The van der Waals surface area contributed by atoms with Gasteiger partial charge in [-0.25, -0.2) is 9.78 Å². The molecule has 0 unspecified atom stereocenters. The highest BCUT2D eigenvalue weighted by atomic mass is 32.1. The first kappa shape index (κ1) is 18.3. The lowest BCUT2D eigenvalue weighted by Crippen LogP contribution is -2.15. The van der Waals surface area contributed by atoms with Gasteiger partial charge in [0.2, 0.25) is 0 Å². The van der Waals surface area contributed by atoms with Crippen molar-refractivity contribution < 1.29 is 9.53 Å². The molecule has 0 saturated heterocycles. The van der Waals surface area contributed by atoms with E-state index in [1.54, 1.807) is 12.1 Å². The Morgan fingerprint density at radius 2 is 2.08 bits per heavy atom. The van der Waals surface area contributed by atoms with Gasteiger partial charge < -0.3 is 9.72 Å². The van der Waals surface area contributed by atoms with Crippen molar-refractivity contribution >= 4 is 27.5 Å². The van der Waals surface area contributed by atoms with Crippen LogP contribution in [0, 0.1) is 12.8 Å². The van der Waals surface area contributed by atoms with Crippen LogP contribution < -0.4 is 5.56 Å². The van der Waals surface area contributed by atoms with E-state index in [1.165, 1.54) is 23.7 Å². The maximum Gasteiger partial charge on any atom is 0.338 e. The number of aromatic nitrogens is 3. The molecule has 3 rings (SSSR count). The monoisotopic (exact) mass is 371 g/mol. The standard InChI is InChI=1S/C19H21N3O3S/c1-4-11(2)9-14-12(3)26-18-16(14)17(23)21-15(22-18)10-25-19(24)13-5-7-20-8-6-13/h5-8,11H,4,9-10H2,1-3H3,(H,21,22,23)/t11-/m1/s1. The Balaban J connectivity index is 1.83. The minimum Gasteiger partial charge on any atom is -0.454 e. The lowest BCUT2D eigenvalue weighted by atomic mass is 9.98. The molecule has 1 N–H and O–H groups in total. The zero-order chi connectivity index (χ0) is 18.7. The summed E-state index contributed by atoms with van der Waals surface area (Å²) in [6, 6.07) is 3.15. The Bertz CT molecular complexity index is 979. The van der Waals surface area contributed by atoms with Crippen molar-refractivity contribution in [2.75, 3.05) is 0 Å². The highest BCUT2D eigenvalue weighted by Crippen LogP contribution is 2.29. The third-order valence-electron chi connectivity index (χ3n) is 4.42. The van der Waals surface area contributed by atoms with Crippen LogP contribution in [0.3, 0.4) is 0 Å². The second kappa shape index (κ2) is 7.78. The summed E-state index contributed by atoms with van der Waals surface area (Å²) in [5, 5.41) is 0.664. The number of hydrogen-bond acceptors (Lipinski definition) is 6. The van der Waals surface area contributed by atoms with E-state index in [-0.39, 0.29) is 12.2 Å². The molecule has 0 spiro atoms. The van der Waals surface area contributed by atoms with Gasteiger partial charge >= 0.3 is 5.97 Å². The van der Waals surface area contributed by atoms with Gasteiger partial charge in [0.1, 0.15) is 17.3 Å². The summed E-state index contributed by atoms with van der Waals surface area (Å²) in [5.41, 5.74) is 1.31. The van der Waals surface area contributed by atoms with Gasteiger partial charge in [0.25, 0.3) is 5.56 Å². The minimum absolute atomic E-state index is 0.0794. The number of nitrogens with one attached hydrogen (secondary N) is 1. The van der Waals surface area contributed by atoms with Gasteiger partial charge in [0, 0.05) is 17.3 Å². The molecule has 26 heavy (non-hydrogen) atoms. The molecular formula is C19H21N3O3S. The summed E-state index contributed by atoms with van der Waals surface area (Å²) < 4.78 is 5.24. The average Bonchev–Trinajstić information content (AvgIpc) is 2.96. The zero-order valence-corrected chi connectivity index (χ0v) is 15.9. The van der Waals surface area contributed by atoms with Crippen molar-refractivity contribution in [2.24, 2.45) is 5.92 Å². The van der Waals surface area contributed by atoms with E-state index in [9.17, 15) is 9.59 Å². The van der Waals surface area contributed by atoms with Crippen molar-refractivity contribution in [2.45, 2.75) is 40.2 Å². The van der Waals surface area contributed by atoms with E-state index in [0.29, 0.717) is 27.5 Å². The molecule has 0 radical (unpaired) electrons. The van der Waals surface area contributed by atoms with E-state index >= 15 is 0 Å². The molecule has 3 aromatic heterocycles. The fourth-order valence-electron chi connectivity index (χ4n) is 2.73. The molecule has 0 fully saturated rings. The Morgan fingerprint density at radius 1 is 1.35 bits per heavy atom. The van der Waals surface area contributed by atoms with Crippen LogP contribution in [-0.2, 0) is 17.8 Å². The number of nitrogens with zero attached hydrogens (tertiary/aromatic N) is 2. The number of pyridine rings is 1. The zero-order valence-electron chi connectivity index (χ0n) is 15.0. The molecule has 3 aromatic rings. The Morgan fingerprint density at radius 3 is 2.77 bits per heavy atom. The maximum absolute atomic E-state index is 12.6. The summed E-state index contributed by atoms with van der Waals surface area (Å²) >= 11 is 1.51. The van der Waals surface area contributed by atoms with Gasteiger partial charge in [-0.3, -0.25) is 9.78 Å². The molecule has 0 aliphatic rings. The van der Waals surface area contributed by atoms with E-state index < -0.39 is 5.97 Å². The van der Waals surface area contributed by atoms with E-state index in [1.807, 2.05) is 6.92 Å². The van der Waals surface area contributed by atoms with Gasteiger partial charge in [0.15, 0.2) is 0 Å². The Labute approximate surface area is 155 Å². The minimum atomic E-state index is -0.477. The second-order valence-corrected chi connectivity index (χ2v) is 7.56. The summed E-state index contributed by atoms with van der Waals surface area (Å²) in [6.07, 6.45) is 4.97. The first-order chi connectivity index (χ1) is 12.5. The van der Waals surface area contributed by atoms with Crippen LogP contribution in [0.2, 0.25) is 0 Å². The number of esters is 1. The van der Waals surface area contributed by atoms with Crippen LogP contribution in [0.25, 0.3) is 10.2 Å². The summed E-state index contributed by atoms with van der Waals surface area (Å²) in [4.78, 5) is 37.5. The predicted molar refractivity (Wildman–Crippen MR) is 101 cm³/mol. The lowest BCUT2D eigenvalue weighted by molar-refractivity contribution is 0.0462. The third kappa shape index (κ3) is 3.83. The Kier molecular flexibility index (Phi) is 5.46. The van der Waals surface area contributed by atoms with Gasteiger partial charge in [-0.05, 0) is 37.0 Å². The summed E-state index contributed by atoms with van der Waals surface area (Å²) in [7, 11) is 0. The number of aryl methyl sites for hydroxylation is 1. The van der Waals surface area contributed by atoms with Gasteiger partial charge in [-0.1, -0.05) is 20.3 Å².